The zero-order chi connectivity index (χ0) is 7.07. The number of hydrogen-bond donors (Lipinski definition) is 0. The molecule has 0 spiro atoms. The molecule has 0 aliphatic carbocycles. The quantitative estimate of drug-likeness (QED) is 0.508. The van der Waals surface area contributed by atoms with E-state index in [1.165, 1.54) is 0 Å². The molecular weight excluding hydrogens is 152 g/mol. The van der Waals surface area contributed by atoms with E-state index in [2.05, 4.69) is 0 Å². The largest absolute Gasteiger partial charge is 0.297 e. The Morgan fingerprint density at radius 1 is 1.56 bits per heavy atom. The van der Waals surface area contributed by atoms with Crippen molar-refractivity contribution in [3.63, 3.8) is 0 Å². The van der Waals surface area contributed by atoms with Crippen molar-refractivity contribution in [3.8, 4) is 0 Å². The molecule has 1 aliphatic heterocycles. The van der Waals surface area contributed by atoms with Crippen LogP contribution in [0.1, 0.15) is 20.8 Å². The standard InChI is InChI=1S/C6H10OS2/c1-4-5(7)6(2,3)9-8-4/h4H,1-3H3. The van der Waals surface area contributed by atoms with Gasteiger partial charge in [0, 0.05) is 0 Å². The van der Waals surface area contributed by atoms with Crippen molar-refractivity contribution >= 4 is 27.4 Å². The summed E-state index contributed by atoms with van der Waals surface area (Å²) in [4.78, 5) is 11.2. The molecule has 1 heterocycles. The Bertz CT molecular complexity index is 142. The number of Topliss-reactive ketones (excluding diaryl/α,β-unsaturated/α-hetero) is 1. The number of hydrogen-bond acceptors (Lipinski definition) is 3. The molecule has 9 heavy (non-hydrogen) atoms. The van der Waals surface area contributed by atoms with Crippen LogP contribution in [0.2, 0.25) is 0 Å². The van der Waals surface area contributed by atoms with E-state index in [-0.39, 0.29) is 10.00 Å². The molecule has 3 heteroatoms. The highest BCUT2D eigenvalue weighted by atomic mass is 33.1. The Morgan fingerprint density at radius 3 is 2.22 bits per heavy atom. The van der Waals surface area contributed by atoms with Crippen LogP contribution < -0.4 is 0 Å². The van der Waals surface area contributed by atoms with Gasteiger partial charge in [0.25, 0.3) is 0 Å². The summed E-state index contributed by atoms with van der Waals surface area (Å²) in [6, 6.07) is 0. The number of rotatable bonds is 0. The van der Waals surface area contributed by atoms with Crippen molar-refractivity contribution in [1.29, 1.82) is 0 Å². The molecule has 1 atom stereocenters. The molecule has 0 aromatic carbocycles. The first-order valence-electron chi connectivity index (χ1n) is 2.93. The summed E-state index contributed by atoms with van der Waals surface area (Å²) in [7, 11) is 3.36. The molecule has 0 amide bonds. The summed E-state index contributed by atoms with van der Waals surface area (Å²) < 4.78 is -0.135. The number of carbonyl (C=O) groups is 1. The molecule has 1 nitrogen and oxygen atoms in total. The lowest BCUT2D eigenvalue weighted by atomic mass is 10.1. The zero-order valence-electron chi connectivity index (χ0n) is 5.80. The van der Waals surface area contributed by atoms with Gasteiger partial charge in [0.15, 0.2) is 5.78 Å². The van der Waals surface area contributed by atoms with Gasteiger partial charge in [-0.05, 0) is 20.8 Å². The van der Waals surface area contributed by atoms with E-state index < -0.39 is 0 Å². The second kappa shape index (κ2) is 2.20. The van der Waals surface area contributed by atoms with Crippen LogP contribution in [-0.2, 0) is 4.79 Å². The van der Waals surface area contributed by atoms with Crippen molar-refractivity contribution < 1.29 is 4.79 Å². The minimum Gasteiger partial charge on any atom is -0.297 e. The van der Waals surface area contributed by atoms with Gasteiger partial charge in [-0.1, -0.05) is 21.6 Å². The van der Waals surface area contributed by atoms with E-state index in [0.29, 0.717) is 5.78 Å². The average Bonchev–Trinajstić information content (AvgIpc) is 1.97. The van der Waals surface area contributed by atoms with E-state index in [1.54, 1.807) is 21.6 Å². The normalized spacial score (nSPS) is 33.2. The molecule has 1 aliphatic rings. The van der Waals surface area contributed by atoms with Crippen molar-refractivity contribution in [3.05, 3.63) is 0 Å². The lowest BCUT2D eigenvalue weighted by Crippen LogP contribution is -2.27. The second-order valence-corrected chi connectivity index (χ2v) is 5.86. The third-order valence-corrected chi connectivity index (χ3v) is 4.98. The van der Waals surface area contributed by atoms with Crippen LogP contribution in [0.3, 0.4) is 0 Å². The van der Waals surface area contributed by atoms with Crippen LogP contribution in [0.4, 0.5) is 0 Å². The van der Waals surface area contributed by atoms with E-state index >= 15 is 0 Å². The van der Waals surface area contributed by atoms with Crippen molar-refractivity contribution in [1.82, 2.24) is 0 Å². The summed E-state index contributed by atoms with van der Waals surface area (Å²) >= 11 is 0. The molecule has 0 N–H and O–H groups in total. The van der Waals surface area contributed by atoms with Crippen molar-refractivity contribution in [2.45, 2.75) is 30.8 Å². The Hall–Kier alpha value is 0.370. The predicted molar refractivity (Wildman–Crippen MR) is 43.7 cm³/mol. The Labute approximate surface area is 63.4 Å². The maximum atomic E-state index is 11.2. The van der Waals surface area contributed by atoms with Crippen molar-refractivity contribution in [2.75, 3.05) is 0 Å². The minimum atomic E-state index is -0.135. The molecule has 1 saturated heterocycles. The highest BCUT2D eigenvalue weighted by Gasteiger charge is 2.39. The molecule has 0 aromatic rings. The van der Waals surface area contributed by atoms with Gasteiger partial charge in [0.1, 0.15) is 0 Å². The average molecular weight is 162 g/mol. The Balaban J connectivity index is 2.74. The van der Waals surface area contributed by atoms with Gasteiger partial charge in [0.05, 0.1) is 10.00 Å². The van der Waals surface area contributed by atoms with Crippen LogP contribution in [0.15, 0.2) is 0 Å². The zero-order valence-corrected chi connectivity index (χ0v) is 7.44. The van der Waals surface area contributed by atoms with Gasteiger partial charge in [-0.15, -0.1) is 0 Å². The summed E-state index contributed by atoms with van der Waals surface area (Å²) in [5, 5.41) is 0.199. The highest BCUT2D eigenvalue weighted by molar-refractivity contribution is 8.78. The van der Waals surface area contributed by atoms with Crippen LogP contribution >= 0.6 is 21.6 Å². The molecule has 0 saturated carbocycles. The number of ketones is 1. The monoisotopic (exact) mass is 162 g/mol. The van der Waals surface area contributed by atoms with E-state index in [1.807, 2.05) is 20.8 Å². The summed E-state index contributed by atoms with van der Waals surface area (Å²) in [6.45, 7) is 5.93. The molecule has 1 unspecified atom stereocenters. The van der Waals surface area contributed by atoms with Crippen LogP contribution in [0.5, 0.6) is 0 Å². The smallest absolute Gasteiger partial charge is 0.162 e. The summed E-state index contributed by atoms with van der Waals surface area (Å²) in [5.41, 5.74) is 0. The highest BCUT2D eigenvalue weighted by Crippen LogP contribution is 2.47. The fourth-order valence-electron chi connectivity index (χ4n) is 0.767. The van der Waals surface area contributed by atoms with Gasteiger partial charge in [-0.2, -0.15) is 0 Å². The minimum absolute atomic E-state index is 0.135. The van der Waals surface area contributed by atoms with E-state index in [4.69, 9.17) is 0 Å². The fourth-order valence-corrected chi connectivity index (χ4v) is 3.53. The third kappa shape index (κ3) is 1.27. The molecule has 0 bridgehead atoms. The molecule has 0 radical (unpaired) electrons. The van der Waals surface area contributed by atoms with Gasteiger partial charge < -0.3 is 0 Å². The molecule has 1 rings (SSSR count). The fraction of sp³-hybridized carbons (Fsp3) is 0.833. The topological polar surface area (TPSA) is 17.1 Å². The molecular formula is C6H10OS2. The van der Waals surface area contributed by atoms with Crippen LogP contribution in [0, 0.1) is 0 Å². The lowest BCUT2D eigenvalue weighted by molar-refractivity contribution is -0.119. The maximum Gasteiger partial charge on any atom is 0.162 e. The van der Waals surface area contributed by atoms with Crippen molar-refractivity contribution in [2.24, 2.45) is 0 Å². The van der Waals surface area contributed by atoms with Gasteiger partial charge in [-0.3, -0.25) is 4.79 Å². The van der Waals surface area contributed by atoms with Gasteiger partial charge in [-0.25, -0.2) is 0 Å². The molecule has 0 aromatic heterocycles. The molecule has 52 valence electrons. The Kier molecular flexibility index (Phi) is 1.83. The van der Waals surface area contributed by atoms with Gasteiger partial charge in [0.2, 0.25) is 0 Å². The van der Waals surface area contributed by atoms with Crippen LogP contribution in [-0.4, -0.2) is 15.8 Å². The predicted octanol–water partition coefficient (Wildman–Crippen LogP) is 2.12. The Morgan fingerprint density at radius 2 is 2.11 bits per heavy atom. The molecule has 1 fully saturated rings. The summed E-state index contributed by atoms with van der Waals surface area (Å²) in [5.74, 6) is 0.373. The van der Waals surface area contributed by atoms with E-state index in [0.717, 1.165) is 0 Å². The second-order valence-electron chi connectivity index (χ2n) is 2.70. The first-order chi connectivity index (χ1) is 4.04. The third-order valence-electron chi connectivity index (χ3n) is 1.36. The first-order valence-corrected chi connectivity index (χ1v) is 5.14. The van der Waals surface area contributed by atoms with Gasteiger partial charge >= 0.3 is 0 Å². The SMILES string of the molecule is CC1SSC(C)(C)C1=O. The number of carbonyl (C=O) groups excluding carboxylic acids is 1. The lowest BCUT2D eigenvalue weighted by Gasteiger charge is -2.10. The first kappa shape index (κ1) is 7.48. The maximum absolute atomic E-state index is 11.2. The van der Waals surface area contributed by atoms with E-state index in [9.17, 15) is 4.79 Å². The summed E-state index contributed by atoms with van der Waals surface area (Å²) in [6.07, 6.45) is 0. The van der Waals surface area contributed by atoms with Crippen LogP contribution in [0.25, 0.3) is 0 Å².